The molecule has 3 heterocycles. The van der Waals surface area contributed by atoms with Gasteiger partial charge < -0.3 is 10.2 Å². The number of anilines is 2. The summed E-state index contributed by atoms with van der Waals surface area (Å²) in [7, 11) is 0. The number of pyridine rings is 1. The van der Waals surface area contributed by atoms with Crippen molar-refractivity contribution in [2.75, 3.05) is 23.3 Å². The summed E-state index contributed by atoms with van der Waals surface area (Å²) in [6.07, 6.45) is 6.79. The number of nitrogens with zero attached hydrogens (tertiary/aromatic N) is 4. The predicted octanol–water partition coefficient (Wildman–Crippen LogP) is 2.08. The molecule has 8 nitrogen and oxygen atoms in total. The lowest BCUT2D eigenvalue weighted by molar-refractivity contribution is -0.116. The summed E-state index contributed by atoms with van der Waals surface area (Å²) >= 11 is 0. The molecule has 1 fully saturated rings. The van der Waals surface area contributed by atoms with Crippen LogP contribution in [0.15, 0.2) is 70.5 Å². The van der Waals surface area contributed by atoms with Crippen LogP contribution in [0.3, 0.4) is 0 Å². The summed E-state index contributed by atoms with van der Waals surface area (Å²) in [6.45, 7) is 1.98. The third-order valence-corrected chi connectivity index (χ3v) is 5.37. The van der Waals surface area contributed by atoms with Crippen molar-refractivity contribution in [2.24, 2.45) is 0 Å². The quantitative estimate of drug-likeness (QED) is 0.661. The molecule has 1 aromatic carbocycles. The molecule has 8 heteroatoms. The maximum Gasteiger partial charge on any atom is 0.331 e. The van der Waals surface area contributed by atoms with Crippen LogP contribution in [0.25, 0.3) is 0 Å². The molecule has 1 N–H and O–H groups in total. The second kappa shape index (κ2) is 9.42. The van der Waals surface area contributed by atoms with E-state index < -0.39 is 17.2 Å². The molecular weight excluding hydrogens is 394 g/mol. The highest BCUT2D eigenvalue weighted by molar-refractivity contribution is 5.89. The van der Waals surface area contributed by atoms with Crippen LogP contribution in [-0.2, 0) is 17.9 Å². The Labute approximate surface area is 179 Å². The van der Waals surface area contributed by atoms with Gasteiger partial charge in [-0.3, -0.25) is 18.7 Å². The number of benzene rings is 1. The molecule has 1 amide bonds. The van der Waals surface area contributed by atoms with Gasteiger partial charge in [0.2, 0.25) is 5.91 Å². The largest absolute Gasteiger partial charge is 0.370 e. The topological polar surface area (TPSA) is 89.2 Å². The molecule has 31 heavy (non-hydrogen) atoms. The number of aromatic nitrogens is 3. The van der Waals surface area contributed by atoms with Crippen LogP contribution in [0.5, 0.6) is 0 Å². The van der Waals surface area contributed by atoms with Gasteiger partial charge in [0.25, 0.3) is 5.56 Å². The highest BCUT2D eigenvalue weighted by atomic mass is 16.2. The zero-order valence-corrected chi connectivity index (χ0v) is 17.2. The second-order valence-electron chi connectivity index (χ2n) is 7.63. The maximum absolute atomic E-state index is 12.7. The van der Waals surface area contributed by atoms with E-state index in [0.717, 1.165) is 28.9 Å². The molecule has 0 unspecified atom stereocenters. The summed E-state index contributed by atoms with van der Waals surface area (Å²) in [5, 5.41) is 2.67. The predicted molar refractivity (Wildman–Crippen MR) is 119 cm³/mol. The molecule has 4 rings (SSSR count). The van der Waals surface area contributed by atoms with E-state index in [1.165, 1.54) is 36.1 Å². The summed E-state index contributed by atoms with van der Waals surface area (Å²) in [5.41, 5.74) is 0.913. The molecule has 3 aromatic rings. The number of carbonyl (C=O) groups is 1. The molecular formula is C23H25N5O3. The molecule has 160 valence electrons. The van der Waals surface area contributed by atoms with E-state index in [2.05, 4.69) is 15.2 Å². The van der Waals surface area contributed by atoms with Gasteiger partial charge in [-0.2, -0.15) is 0 Å². The van der Waals surface area contributed by atoms with Crippen molar-refractivity contribution < 1.29 is 4.79 Å². The Morgan fingerprint density at radius 2 is 1.74 bits per heavy atom. The van der Waals surface area contributed by atoms with E-state index >= 15 is 0 Å². The number of nitrogens with one attached hydrogen (secondary N) is 1. The minimum Gasteiger partial charge on any atom is -0.370 e. The number of hydrogen-bond acceptors (Lipinski definition) is 5. The minimum absolute atomic E-state index is 0.321. The molecule has 0 saturated carbocycles. The SMILES string of the molecule is O=C(Cn1c(=O)ccn(Cc2ccccc2)c1=O)Nc1ccc(N2CCCCC2)cn1. The standard InChI is InChI=1S/C23H25N5O3/c29-21(25-20-10-9-19(15-24-20)26-12-5-2-6-13-26)17-28-22(30)11-14-27(23(28)31)16-18-7-3-1-4-8-18/h1,3-4,7-11,14-15H,2,5-6,12-13,16-17H2,(H,24,25,29). The monoisotopic (exact) mass is 419 g/mol. The lowest BCUT2D eigenvalue weighted by atomic mass is 10.1. The van der Waals surface area contributed by atoms with E-state index in [9.17, 15) is 14.4 Å². The summed E-state index contributed by atoms with van der Waals surface area (Å²) < 4.78 is 2.34. The Balaban J connectivity index is 1.44. The van der Waals surface area contributed by atoms with Crippen molar-refractivity contribution >= 4 is 17.4 Å². The number of rotatable bonds is 6. The zero-order valence-electron chi connectivity index (χ0n) is 17.2. The van der Waals surface area contributed by atoms with Crippen molar-refractivity contribution in [3.63, 3.8) is 0 Å². The molecule has 1 saturated heterocycles. The first kappa shape index (κ1) is 20.6. The third-order valence-electron chi connectivity index (χ3n) is 5.37. The fraction of sp³-hybridized carbons (Fsp3) is 0.304. The first-order valence-electron chi connectivity index (χ1n) is 10.5. The molecule has 0 spiro atoms. The van der Waals surface area contributed by atoms with Crippen LogP contribution in [0.2, 0.25) is 0 Å². The van der Waals surface area contributed by atoms with Crippen LogP contribution in [0.4, 0.5) is 11.5 Å². The molecule has 1 aliphatic heterocycles. The van der Waals surface area contributed by atoms with Gasteiger partial charge in [-0.25, -0.2) is 9.78 Å². The first-order valence-corrected chi connectivity index (χ1v) is 10.5. The number of piperidine rings is 1. The Hall–Kier alpha value is -3.68. The molecule has 0 atom stereocenters. The highest BCUT2D eigenvalue weighted by Crippen LogP contribution is 2.19. The fourth-order valence-corrected chi connectivity index (χ4v) is 3.73. The van der Waals surface area contributed by atoms with Gasteiger partial charge in [0.1, 0.15) is 12.4 Å². The van der Waals surface area contributed by atoms with E-state index in [-0.39, 0.29) is 6.54 Å². The smallest absolute Gasteiger partial charge is 0.331 e. The van der Waals surface area contributed by atoms with E-state index in [1.807, 2.05) is 36.4 Å². The van der Waals surface area contributed by atoms with Gasteiger partial charge in [0.15, 0.2) is 0 Å². The van der Waals surface area contributed by atoms with Crippen LogP contribution in [0, 0.1) is 0 Å². The normalized spacial score (nSPS) is 13.7. The summed E-state index contributed by atoms with van der Waals surface area (Å²) in [6, 6.07) is 14.4. The van der Waals surface area contributed by atoms with Crippen LogP contribution < -0.4 is 21.5 Å². The lowest BCUT2D eigenvalue weighted by Gasteiger charge is -2.28. The van der Waals surface area contributed by atoms with Gasteiger partial charge in [0.05, 0.1) is 18.4 Å². The minimum atomic E-state index is -0.528. The van der Waals surface area contributed by atoms with Crippen molar-refractivity contribution in [1.29, 1.82) is 0 Å². The Morgan fingerprint density at radius 3 is 2.45 bits per heavy atom. The van der Waals surface area contributed by atoms with Gasteiger partial charge in [-0.05, 0) is 37.0 Å². The number of hydrogen-bond donors (Lipinski definition) is 1. The Kier molecular flexibility index (Phi) is 6.26. The molecule has 2 aromatic heterocycles. The van der Waals surface area contributed by atoms with Crippen molar-refractivity contribution in [2.45, 2.75) is 32.4 Å². The van der Waals surface area contributed by atoms with Gasteiger partial charge >= 0.3 is 5.69 Å². The summed E-state index contributed by atoms with van der Waals surface area (Å²) in [5.74, 6) is -0.0887. The van der Waals surface area contributed by atoms with Crippen LogP contribution in [-0.4, -0.2) is 33.1 Å². The third kappa shape index (κ3) is 5.09. The maximum atomic E-state index is 12.7. The average molecular weight is 419 g/mol. The van der Waals surface area contributed by atoms with Crippen LogP contribution >= 0.6 is 0 Å². The van der Waals surface area contributed by atoms with Crippen molar-refractivity contribution in [3.8, 4) is 0 Å². The average Bonchev–Trinajstić information content (AvgIpc) is 2.80. The second-order valence-corrected chi connectivity index (χ2v) is 7.63. The summed E-state index contributed by atoms with van der Waals surface area (Å²) in [4.78, 5) is 44.0. The van der Waals surface area contributed by atoms with E-state index in [4.69, 9.17) is 0 Å². The van der Waals surface area contributed by atoms with E-state index in [0.29, 0.717) is 12.4 Å². The van der Waals surface area contributed by atoms with Crippen molar-refractivity contribution in [3.05, 3.63) is 87.3 Å². The molecule has 0 aliphatic carbocycles. The highest BCUT2D eigenvalue weighted by Gasteiger charge is 2.13. The lowest BCUT2D eigenvalue weighted by Crippen LogP contribution is -2.41. The number of amides is 1. The molecule has 0 radical (unpaired) electrons. The fourth-order valence-electron chi connectivity index (χ4n) is 3.73. The van der Waals surface area contributed by atoms with Gasteiger partial charge in [0, 0.05) is 25.4 Å². The van der Waals surface area contributed by atoms with Crippen LogP contribution in [0.1, 0.15) is 24.8 Å². The van der Waals surface area contributed by atoms with E-state index in [1.54, 1.807) is 12.3 Å². The molecule has 1 aliphatic rings. The van der Waals surface area contributed by atoms with Gasteiger partial charge in [-0.1, -0.05) is 30.3 Å². The Bertz CT molecular complexity index is 1150. The van der Waals surface area contributed by atoms with Crippen molar-refractivity contribution in [1.82, 2.24) is 14.1 Å². The Morgan fingerprint density at radius 1 is 0.968 bits per heavy atom. The molecule has 0 bridgehead atoms. The zero-order chi connectivity index (χ0) is 21.6. The van der Waals surface area contributed by atoms with Gasteiger partial charge in [-0.15, -0.1) is 0 Å². The number of carbonyl (C=O) groups excluding carboxylic acids is 1. The first-order chi connectivity index (χ1) is 15.1.